The summed E-state index contributed by atoms with van der Waals surface area (Å²) in [6.45, 7) is -0.651. The molecule has 1 aromatic carbocycles. The fourth-order valence-corrected chi connectivity index (χ4v) is 1.83. The number of aromatic carboxylic acids is 1. The van der Waals surface area contributed by atoms with Crippen LogP contribution in [0.1, 0.15) is 16.1 Å². The lowest BCUT2D eigenvalue weighted by molar-refractivity contribution is 0.0686. The highest BCUT2D eigenvalue weighted by Crippen LogP contribution is 2.42. The summed E-state index contributed by atoms with van der Waals surface area (Å²) >= 11 is 0. The molecule has 0 amide bonds. The molecule has 19 heavy (non-hydrogen) atoms. The molecule has 1 aliphatic rings. The van der Waals surface area contributed by atoms with Crippen molar-refractivity contribution in [2.75, 3.05) is 6.79 Å². The number of aromatic nitrogens is 1. The SMILES string of the molecule is O=C(O)c1cc(-c2cc(CF)cc3c2OCO3)on1. The van der Waals surface area contributed by atoms with Gasteiger partial charge in [-0.1, -0.05) is 5.16 Å². The first kappa shape index (κ1) is 11.5. The van der Waals surface area contributed by atoms with Gasteiger partial charge < -0.3 is 19.1 Å². The number of nitrogens with zero attached hydrogens (tertiary/aromatic N) is 1. The third kappa shape index (κ3) is 1.88. The number of halogens is 1. The number of fused-ring (bicyclic) bond motifs is 1. The monoisotopic (exact) mass is 265 g/mol. The quantitative estimate of drug-likeness (QED) is 0.916. The van der Waals surface area contributed by atoms with Gasteiger partial charge in [-0.2, -0.15) is 0 Å². The first-order valence-electron chi connectivity index (χ1n) is 5.38. The number of carboxylic acids is 1. The van der Waals surface area contributed by atoms with Crippen molar-refractivity contribution in [1.82, 2.24) is 5.16 Å². The minimum absolute atomic E-state index is 0.0258. The van der Waals surface area contributed by atoms with Crippen LogP contribution in [0.25, 0.3) is 11.3 Å². The molecule has 3 rings (SSSR count). The molecule has 98 valence electrons. The van der Waals surface area contributed by atoms with Gasteiger partial charge in [-0.15, -0.1) is 0 Å². The van der Waals surface area contributed by atoms with Gasteiger partial charge in [0.05, 0.1) is 5.56 Å². The smallest absolute Gasteiger partial charge is 0.358 e. The summed E-state index contributed by atoms with van der Waals surface area (Å²) in [5, 5.41) is 12.2. The number of alkyl halides is 1. The lowest BCUT2D eigenvalue weighted by Gasteiger charge is -2.04. The van der Waals surface area contributed by atoms with Gasteiger partial charge in [0, 0.05) is 6.07 Å². The van der Waals surface area contributed by atoms with Gasteiger partial charge in [0.2, 0.25) is 6.79 Å². The van der Waals surface area contributed by atoms with Crippen LogP contribution in [0.15, 0.2) is 22.7 Å². The number of carbonyl (C=O) groups is 1. The van der Waals surface area contributed by atoms with Gasteiger partial charge in [0.25, 0.3) is 0 Å². The van der Waals surface area contributed by atoms with Crippen LogP contribution >= 0.6 is 0 Å². The van der Waals surface area contributed by atoms with Crippen molar-refractivity contribution in [2.45, 2.75) is 6.67 Å². The molecule has 1 aliphatic heterocycles. The maximum absolute atomic E-state index is 12.8. The Morgan fingerprint density at radius 2 is 2.21 bits per heavy atom. The van der Waals surface area contributed by atoms with Crippen LogP contribution in [0.4, 0.5) is 4.39 Å². The van der Waals surface area contributed by atoms with Crippen LogP contribution in [-0.4, -0.2) is 23.0 Å². The molecule has 0 aliphatic carbocycles. The van der Waals surface area contributed by atoms with Crippen molar-refractivity contribution >= 4 is 5.97 Å². The summed E-state index contributed by atoms with van der Waals surface area (Å²) in [6.07, 6.45) is 0. The van der Waals surface area contributed by atoms with Crippen molar-refractivity contribution in [3.8, 4) is 22.8 Å². The first-order valence-corrected chi connectivity index (χ1v) is 5.38. The summed E-state index contributed by atoms with van der Waals surface area (Å²) in [5.41, 5.74) is 0.573. The summed E-state index contributed by atoms with van der Waals surface area (Å²) in [5.74, 6) is -0.219. The normalized spacial score (nSPS) is 12.7. The summed E-state index contributed by atoms with van der Waals surface area (Å²) in [7, 11) is 0. The van der Waals surface area contributed by atoms with Gasteiger partial charge in [-0.25, -0.2) is 9.18 Å². The van der Waals surface area contributed by atoms with E-state index in [-0.39, 0.29) is 18.2 Å². The Balaban J connectivity index is 2.13. The summed E-state index contributed by atoms with van der Waals surface area (Å²) in [6, 6.07) is 4.29. The molecule has 1 N–H and O–H groups in total. The van der Waals surface area contributed by atoms with Gasteiger partial charge >= 0.3 is 5.97 Å². The Morgan fingerprint density at radius 1 is 1.37 bits per heavy atom. The van der Waals surface area contributed by atoms with Crippen molar-refractivity contribution in [3.63, 3.8) is 0 Å². The summed E-state index contributed by atoms with van der Waals surface area (Å²) < 4.78 is 28.2. The minimum atomic E-state index is -1.20. The Labute approximate surface area is 106 Å². The van der Waals surface area contributed by atoms with Crippen LogP contribution < -0.4 is 9.47 Å². The van der Waals surface area contributed by atoms with E-state index in [0.29, 0.717) is 22.6 Å². The van der Waals surface area contributed by atoms with E-state index in [1.807, 2.05) is 0 Å². The average Bonchev–Trinajstić information content (AvgIpc) is 3.06. The number of hydrogen-bond acceptors (Lipinski definition) is 5. The molecule has 0 radical (unpaired) electrons. The lowest BCUT2D eigenvalue weighted by atomic mass is 10.1. The number of hydrogen-bond donors (Lipinski definition) is 1. The van der Waals surface area contributed by atoms with Crippen LogP contribution in [0.3, 0.4) is 0 Å². The van der Waals surface area contributed by atoms with E-state index in [1.165, 1.54) is 18.2 Å². The molecule has 0 atom stereocenters. The zero-order valence-corrected chi connectivity index (χ0v) is 9.55. The molecule has 2 aromatic rings. The highest BCUT2D eigenvalue weighted by Gasteiger charge is 2.23. The maximum atomic E-state index is 12.8. The molecule has 0 saturated carbocycles. The Bertz CT molecular complexity index is 652. The molecule has 7 heteroatoms. The Hall–Kier alpha value is -2.57. The fraction of sp³-hybridized carbons (Fsp3) is 0.167. The Morgan fingerprint density at radius 3 is 2.89 bits per heavy atom. The van der Waals surface area contributed by atoms with E-state index in [9.17, 15) is 9.18 Å². The summed E-state index contributed by atoms with van der Waals surface area (Å²) in [4.78, 5) is 10.8. The second kappa shape index (κ2) is 4.27. The number of rotatable bonds is 3. The molecule has 2 heterocycles. The minimum Gasteiger partial charge on any atom is -0.476 e. The van der Waals surface area contributed by atoms with E-state index >= 15 is 0 Å². The second-order valence-electron chi connectivity index (χ2n) is 3.89. The van der Waals surface area contributed by atoms with Crippen molar-refractivity contribution in [2.24, 2.45) is 0 Å². The predicted molar refractivity (Wildman–Crippen MR) is 59.8 cm³/mol. The highest BCUT2D eigenvalue weighted by molar-refractivity contribution is 5.87. The molecule has 0 saturated heterocycles. The van der Waals surface area contributed by atoms with E-state index in [2.05, 4.69) is 5.16 Å². The number of ether oxygens (including phenoxy) is 2. The molecule has 6 nitrogen and oxygen atoms in total. The van der Waals surface area contributed by atoms with Crippen LogP contribution in [0.5, 0.6) is 11.5 Å². The van der Waals surface area contributed by atoms with Gasteiger partial charge in [0.1, 0.15) is 6.67 Å². The topological polar surface area (TPSA) is 81.8 Å². The van der Waals surface area contributed by atoms with E-state index < -0.39 is 12.6 Å². The van der Waals surface area contributed by atoms with Crippen molar-refractivity contribution < 1.29 is 28.3 Å². The fourth-order valence-electron chi connectivity index (χ4n) is 1.83. The standard InChI is InChI=1S/C12H8FNO5/c13-4-6-1-7(11-10(2-6)17-5-18-11)9-3-8(12(15)16)14-19-9/h1-3H,4-5H2,(H,15,16). The molecule has 1 aromatic heterocycles. The van der Waals surface area contributed by atoms with Crippen LogP contribution in [0, 0.1) is 0 Å². The zero-order valence-electron chi connectivity index (χ0n) is 9.55. The molecule has 0 bridgehead atoms. The van der Waals surface area contributed by atoms with Gasteiger partial charge in [-0.05, 0) is 17.7 Å². The van der Waals surface area contributed by atoms with Crippen LogP contribution in [0.2, 0.25) is 0 Å². The predicted octanol–water partition coefficient (Wildman–Crippen LogP) is 2.24. The van der Waals surface area contributed by atoms with E-state index in [1.54, 1.807) is 0 Å². The number of benzene rings is 1. The Kier molecular flexibility index (Phi) is 2.59. The van der Waals surface area contributed by atoms with E-state index in [0.717, 1.165) is 0 Å². The average molecular weight is 265 g/mol. The number of carboxylic acid groups (broad SMARTS) is 1. The van der Waals surface area contributed by atoms with Crippen molar-refractivity contribution in [1.29, 1.82) is 0 Å². The molecule has 0 unspecified atom stereocenters. The van der Waals surface area contributed by atoms with Crippen LogP contribution in [-0.2, 0) is 6.67 Å². The second-order valence-corrected chi connectivity index (χ2v) is 3.89. The van der Waals surface area contributed by atoms with Gasteiger partial charge in [0.15, 0.2) is 23.0 Å². The molecule has 0 fully saturated rings. The molecular formula is C12H8FNO5. The van der Waals surface area contributed by atoms with Crippen molar-refractivity contribution in [3.05, 3.63) is 29.5 Å². The molecular weight excluding hydrogens is 257 g/mol. The van der Waals surface area contributed by atoms with E-state index in [4.69, 9.17) is 19.1 Å². The third-order valence-corrected chi connectivity index (χ3v) is 2.68. The van der Waals surface area contributed by atoms with Gasteiger partial charge in [-0.3, -0.25) is 0 Å². The zero-order chi connectivity index (χ0) is 13.4. The highest BCUT2D eigenvalue weighted by atomic mass is 19.1. The molecule has 0 spiro atoms. The lowest BCUT2D eigenvalue weighted by Crippen LogP contribution is -1.94. The third-order valence-electron chi connectivity index (χ3n) is 2.68. The first-order chi connectivity index (χ1) is 9.19. The maximum Gasteiger partial charge on any atom is 0.358 e. The largest absolute Gasteiger partial charge is 0.476 e.